The average Bonchev–Trinajstić information content (AvgIpc) is 4.29. The number of benzene rings is 3. The van der Waals surface area contributed by atoms with Gasteiger partial charge < -0.3 is 66.7 Å². The molecule has 9 rings (SSSR count). The number of fused-ring (bicyclic) bond motifs is 2. The van der Waals surface area contributed by atoms with E-state index in [9.17, 15) is 23.9 Å². The number of rotatable bonds is 10. The van der Waals surface area contributed by atoms with E-state index in [0.29, 0.717) is 22.6 Å². The van der Waals surface area contributed by atoms with Crippen molar-refractivity contribution in [1.29, 1.82) is 0 Å². The lowest BCUT2D eigenvalue weighted by atomic mass is 9.87. The molecule has 17 nitrogen and oxygen atoms in total. The lowest BCUT2D eigenvalue weighted by Crippen LogP contribution is -2.40. The van der Waals surface area contributed by atoms with Crippen molar-refractivity contribution >= 4 is 30.1 Å². The van der Waals surface area contributed by atoms with Gasteiger partial charge in [0.05, 0.1) is 31.0 Å². The van der Waals surface area contributed by atoms with Crippen LogP contribution in [0.25, 0.3) is 12.2 Å². The van der Waals surface area contributed by atoms with Crippen LogP contribution < -0.4 is 18.9 Å². The summed E-state index contributed by atoms with van der Waals surface area (Å²) in [6.07, 6.45) is 2.29. The Balaban J connectivity index is 0.000000202. The fourth-order valence-electron chi connectivity index (χ4n) is 9.68. The normalized spacial score (nSPS) is 32.6. The Labute approximate surface area is 427 Å². The van der Waals surface area contributed by atoms with Crippen molar-refractivity contribution in [1.82, 2.24) is 0 Å². The van der Waals surface area contributed by atoms with Crippen LogP contribution in [0.1, 0.15) is 96.6 Å². The molecule has 6 aliphatic heterocycles. The molecule has 0 radical (unpaired) electrons. The number of methoxy groups -OCH3 is 4. The van der Waals surface area contributed by atoms with Gasteiger partial charge in [-0.2, -0.15) is 0 Å². The Bertz CT molecular complexity index is 2720. The standard InChI is InChI=1S/C31H33FO9.C24H29FO8/c1-18-11-12-22(32)25(39-28(33)19-9-7-6-8-10-19)26-27-31(41-27,30(2,3)40-26)14-13-20-15-21(36-5)16-23(37-17-35-4)24(20)29(34)38-18;1-13-6-7-16(25)19(26)20-21-24(33-21,23(2,3)32-20)9-8-14-10-15(29-5)11-17(30-12-28-4)18(14)22(27)31-13/h6-10,12-16,18,25-27H,11,17H2,1-5H3;7-11,13,19-21,26H,6,12H2,1-5H3/b14-13+,22-12+;9-8+,16-7+/t18-,25?,26+,27+,31?;13-,19?,20+,21+,24?/m00/s1. The number of hydrogen-bond acceptors (Lipinski definition) is 17. The maximum absolute atomic E-state index is 15.8. The van der Waals surface area contributed by atoms with Gasteiger partial charge in [-0.25, -0.2) is 23.2 Å². The van der Waals surface area contributed by atoms with E-state index >= 15 is 4.39 Å². The first-order chi connectivity index (χ1) is 35.2. The minimum atomic E-state index is -1.49. The van der Waals surface area contributed by atoms with Gasteiger partial charge in [0.15, 0.2) is 19.7 Å². The summed E-state index contributed by atoms with van der Waals surface area (Å²) in [5, 5.41) is 10.6. The van der Waals surface area contributed by atoms with Crippen molar-refractivity contribution in [2.45, 2.75) is 126 Å². The lowest BCUT2D eigenvalue weighted by molar-refractivity contribution is -0.132. The van der Waals surface area contributed by atoms with Gasteiger partial charge in [0.1, 0.15) is 99.7 Å². The molecule has 10 atom stereocenters. The molecule has 0 spiro atoms. The van der Waals surface area contributed by atoms with E-state index in [1.165, 1.54) is 40.6 Å². The number of halogens is 2. The molecular formula is C55H62F2O17. The summed E-state index contributed by atoms with van der Waals surface area (Å²) in [5.74, 6) is -2.14. The number of carbonyl (C=O) groups is 3. The molecule has 4 bridgehead atoms. The zero-order chi connectivity index (χ0) is 53.3. The van der Waals surface area contributed by atoms with Crippen molar-refractivity contribution in [3.63, 3.8) is 0 Å². The molecule has 0 amide bonds. The lowest BCUT2D eigenvalue weighted by Gasteiger charge is -2.30. The molecule has 4 unspecified atom stereocenters. The maximum Gasteiger partial charge on any atom is 0.342 e. The molecule has 4 saturated heterocycles. The van der Waals surface area contributed by atoms with E-state index in [4.69, 9.17) is 61.6 Å². The van der Waals surface area contributed by atoms with Crippen LogP contribution in [0.3, 0.4) is 0 Å². The highest BCUT2D eigenvalue weighted by Crippen LogP contribution is 2.60. The Hall–Kier alpha value is -6.19. The molecule has 6 heterocycles. The predicted octanol–water partition coefficient (Wildman–Crippen LogP) is 8.20. The molecule has 1 N–H and O–H groups in total. The maximum atomic E-state index is 15.8. The second-order valence-electron chi connectivity index (χ2n) is 19.5. The van der Waals surface area contributed by atoms with E-state index in [2.05, 4.69) is 0 Å². The summed E-state index contributed by atoms with van der Waals surface area (Å²) in [4.78, 5) is 39.6. The third-order valence-corrected chi connectivity index (χ3v) is 13.8. The molecule has 398 valence electrons. The van der Waals surface area contributed by atoms with Crippen LogP contribution in [0.2, 0.25) is 0 Å². The summed E-state index contributed by atoms with van der Waals surface area (Å²) in [6.45, 7) is 10.4. The first kappa shape index (κ1) is 54.1. The van der Waals surface area contributed by atoms with Gasteiger partial charge in [-0.3, -0.25) is 0 Å². The van der Waals surface area contributed by atoms with Crippen molar-refractivity contribution < 1.29 is 89.9 Å². The van der Waals surface area contributed by atoms with Gasteiger partial charge >= 0.3 is 17.9 Å². The summed E-state index contributed by atoms with van der Waals surface area (Å²) in [5.41, 5.74) is -2.09. The molecule has 6 aliphatic rings. The van der Waals surface area contributed by atoms with Gasteiger partial charge in [0.25, 0.3) is 0 Å². The topological polar surface area (TPSA) is 198 Å². The number of ether oxygens (including phenoxy) is 13. The van der Waals surface area contributed by atoms with Crippen LogP contribution in [-0.2, 0) is 42.6 Å². The number of aliphatic hydroxyl groups excluding tert-OH is 1. The van der Waals surface area contributed by atoms with Crippen LogP contribution in [0.4, 0.5) is 8.78 Å². The molecule has 4 fully saturated rings. The third-order valence-electron chi connectivity index (χ3n) is 13.8. The molecule has 74 heavy (non-hydrogen) atoms. The summed E-state index contributed by atoms with van der Waals surface area (Å²) in [7, 11) is 5.95. The number of epoxide rings is 2. The van der Waals surface area contributed by atoms with E-state index in [0.717, 1.165) is 0 Å². The molecule has 19 heteroatoms. The van der Waals surface area contributed by atoms with Gasteiger partial charge in [0.2, 0.25) is 0 Å². The third kappa shape index (κ3) is 10.6. The van der Waals surface area contributed by atoms with Gasteiger partial charge in [-0.15, -0.1) is 0 Å². The molecular weight excluding hydrogens is 971 g/mol. The number of carbonyl (C=O) groups excluding carboxylic acids is 3. The largest absolute Gasteiger partial charge is 0.497 e. The van der Waals surface area contributed by atoms with E-state index in [-0.39, 0.29) is 54.6 Å². The quantitative estimate of drug-likeness (QED) is 0.0881. The predicted molar refractivity (Wildman–Crippen MR) is 261 cm³/mol. The minimum Gasteiger partial charge on any atom is -0.497 e. The zero-order valence-electron chi connectivity index (χ0n) is 42.8. The number of esters is 3. The molecule has 3 aromatic rings. The fraction of sp³-hybridized carbons (Fsp3) is 0.473. The average molecular weight is 1030 g/mol. The Morgan fingerprint density at radius 3 is 1.58 bits per heavy atom. The second kappa shape index (κ2) is 21.6. The minimum absolute atomic E-state index is 0.0132. The van der Waals surface area contributed by atoms with Gasteiger partial charge in [0, 0.05) is 39.2 Å². The van der Waals surface area contributed by atoms with Crippen molar-refractivity contribution in [2.24, 2.45) is 0 Å². The zero-order valence-corrected chi connectivity index (χ0v) is 42.8. The smallest absolute Gasteiger partial charge is 0.342 e. The SMILES string of the molecule is COCOc1cc(OC)cc2c1C(=O)O[C@@H](C)C/C=C(/F)C(O)[C@H]1OC(C)(C)C3(/C=C/2)O[C@H]13.COCOc1cc(OC)cc2c1C(=O)O[C@@H](C)C/C=C(/F)C(OC(=O)c1ccccc1)[C@H]1OC(C)(C)C3(/C=C/2)O[C@H]13. The Morgan fingerprint density at radius 2 is 1.12 bits per heavy atom. The first-order valence-electron chi connectivity index (χ1n) is 24.1. The van der Waals surface area contributed by atoms with Crippen LogP contribution >= 0.6 is 0 Å². The molecule has 0 aliphatic carbocycles. The van der Waals surface area contributed by atoms with E-state index in [1.807, 2.05) is 27.7 Å². The van der Waals surface area contributed by atoms with E-state index in [1.54, 1.807) is 92.7 Å². The van der Waals surface area contributed by atoms with Gasteiger partial charge in [-0.1, -0.05) is 30.4 Å². The highest BCUT2D eigenvalue weighted by molar-refractivity contribution is 5.98. The van der Waals surface area contributed by atoms with Gasteiger partial charge in [-0.05, 0) is 101 Å². The summed E-state index contributed by atoms with van der Waals surface area (Å²) >= 11 is 0. The second-order valence-corrected chi connectivity index (χ2v) is 19.5. The van der Waals surface area contributed by atoms with Crippen LogP contribution in [-0.4, -0.2) is 136 Å². The number of hydrogen-bond donors (Lipinski definition) is 1. The highest BCUT2D eigenvalue weighted by Gasteiger charge is 2.76. The van der Waals surface area contributed by atoms with Crippen LogP contribution in [0.15, 0.2) is 90.6 Å². The summed E-state index contributed by atoms with van der Waals surface area (Å²) in [6, 6.07) is 14.8. The number of aliphatic hydroxyl groups is 1. The monoisotopic (exact) mass is 1030 g/mol. The van der Waals surface area contributed by atoms with Crippen molar-refractivity contribution in [2.75, 3.05) is 42.0 Å². The van der Waals surface area contributed by atoms with Crippen molar-refractivity contribution in [3.05, 3.63) is 118 Å². The molecule has 0 saturated carbocycles. The van der Waals surface area contributed by atoms with Crippen molar-refractivity contribution in [3.8, 4) is 23.0 Å². The van der Waals surface area contributed by atoms with E-state index < -0.39 is 101 Å². The summed E-state index contributed by atoms with van der Waals surface area (Å²) < 4.78 is 104. The Morgan fingerprint density at radius 1 is 0.662 bits per heavy atom. The van der Waals surface area contributed by atoms with Crippen LogP contribution in [0, 0.1) is 0 Å². The van der Waals surface area contributed by atoms with Crippen LogP contribution in [0.5, 0.6) is 23.0 Å². The fourth-order valence-corrected chi connectivity index (χ4v) is 9.68. The molecule has 0 aromatic heterocycles. The number of cyclic esters (lactones) is 2. The first-order valence-corrected chi connectivity index (χ1v) is 24.1. The highest BCUT2D eigenvalue weighted by atomic mass is 19.1. The Kier molecular flexibility index (Phi) is 15.8. The molecule has 3 aromatic carbocycles.